The van der Waals surface area contributed by atoms with Crippen molar-refractivity contribution in [2.24, 2.45) is 0 Å². The number of benzene rings is 5. The topological polar surface area (TPSA) is 73.6 Å². The Balaban J connectivity index is 0.00000400. The Morgan fingerprint density at radius 1 is 0.667 bits per heavy atom. The first-order valence-electron chi connectivity index (χ1n) is 14.6. The van der Waals surface area contributed by atoms with Gasteiger partial charge in [0.15, 0.2) is 0 Å². The Bertz CT molecular complexity index is 1790. The molecule has 5 aromatic carbocycles. The second-order valence-electron chi connectivity index (χ2n) is 10.8. The Morgan fingerprint density at radius 3 is 1.67 bits per heavy atom. The van der Waals surface area contributed by atoms with Crippen LogP contribution >= 0.6 is 7.26 Å². The van der Waals surface area contributed by atoms with Crippen LogP contribution in [-0.4, -0.2) is 9.97 Å². The average molecular weight is 626 g/mol. The van der Waals surface area contributed by atoms with Crippen LogP contribution < -0.4 is 39.0 Å². The minimum Gasteiger partial charge on any atom is -1.00 e. The minimum absolute atomic E-state index is 0. The zero-order chi connectivity index (χ0) is 30.4. The molecule has 0 fully saturated rings. The molecule has 6 aromatic rings. The maximum Gasteiger partial charge on any atom is 0.229 e. The van der Waals surface area contributed by atoms with Gasteiger partial charge in [-0.2, -0.15) is 10.2 Å². The van der Waals surface area contributed by atoms with E-state index in [-0.39, 0.29) is 12.4 Å². The molecule has 5 nitrogen and oxygen atoms in total. The molecule has 0 aliphatic rings. The monoisotopic (exact) mass is 625 g/mol. The van der Waals surface area contributed by atoms with Gasteiger partial charge in [0.25, 0.3) is 0 Å². The summed E-state index contributed by atoms with van der Waals surface area (Å²) in [7, 11) is -2.01. The highest BCUT2D eigenvalue weighted by molar-refractivity contribution is 7.95. The predicted octanol–water partition coefficient (Wildman–Crippen LogP) is 4.95. The van der Waals surface area contributed by atoms with Crippen LogP contribution in [0.5, 0.6) is 0 Å². The highest BCUT2D eigenvalue weighted by atomic mass is 35.5. The molecule has 0 aliphatic heterocycles. The van der Waals surface area contributed by atoms with E-state index in [9.17, 15) is 0 Å². The normalized spacial score (nSPS) is 10.8. The van der Waals surface area contributed by atoms with Crippen molar-refractivity contribution in [3.8, 4) is 6.07 Å². The summed E-state index contributed by atoms with van der Waals surface area (Å²) >= 11 is 0. The molecular weight excluding hydrogens is 593 g/mol. The van der Waals surface area contributed by atoms with E-state index in [0.717, 1.165) is 28.7 Å². The summed E-state index contributed by atoms with van der Waals surface area (Å²) in [6, 6.07) is 48.9. The van der Waals surface area contributed by atoms with Gasteiger partial charge in [0.1, 0.15) is 29.0 Å². The van der Waals surface area contributed by atoms with E-state index in [1.165, 1.54) is 21.5 Å². The third-order valence-electron chi connectivity index (χ3n) is 7.78. The Morgan fingerprint density at radius 2 is 1.18 bits per heavy atom. The Hall–Kier alpha value is -5.01. The van der Waals surface area contributed by atoms with Gasteiger partial charge in [0, 0.05) is 17.6 Å². The lowest BCUT2D eigenvalue weighted by Gasteiger charge is -2.28. The molecule has 1 aromatic heterocycles. The molecule has 2 N–H and O–H groups in total. The summed E-state index contributed by atoms with van der Waals surface area (Å²) in [6.45, 7) is 4.31. The quantitative estimate of drug-likeness (QED) is 0.223. The number of anilines is 4. The Kier molecular flexibility index (Phi) is 9.90. The molecule has 0 unspecified atom stereocenters. The van der Waals surface area contributed by atoms with Crippen molar-refractivity contribution in [1.82, 2.24) is 9.97 Å². The van der Waals surface area contributed by atoms with Gasteiger partial charge in [-0.15, -0.1) is 0 Å². The largest absolute Gasteiger partial charge is 1.00 e. The number of nitrogens with zero attached hydrogens (tertiary/aromatic N) is 3. The lowest BCUT2D eigenvalue weighted by molar-refractivity contribution is -0.00000911. The molecule has 0 amide bonds. The van der Waals surface area contributed by atoms with E-state index in [1.807, 2.05) is 18.2 Å². The van der Waals surface area contributed by atoms with Crippen LogP contribution in [0.2, 0.25) is 0 Å². The van der Waals surface area contributed by atoms with Crippen molar-refractivity contribution in [3.05, 3.63) is 162 Å². The standard InChI is InChI=1S/C38H33N5P.ClH/c1-28-24-31(25-29(2)37(28)42-36-22-23-40-38(43-36)41-32-20-18-30(26-39)19-21-32)27-44(33-12-6-3-7-13-33,34-14-8-4-9-15-34)35-16-10-5-11-17-35;/h3-25H,27H2,1-2H3,(H2,40,41,42,43);1H/q+1;/p-1. The average Bonchev–Trinajstić information content (AvgIpc) is 3.07. The fourth-order valence-electron chi connectivity index (χ4n) is 5.76. The van der Waals surface area contributed by atoms with Gasteiger partial charge in [-0.25, -0.2) is 4.98 Å². The maximum absolute atomic E-state index is 9.07. The summed E-state index contributed by atoms with van der Waals surface area (Å²) in [5.41, 5.74) is 6.10. The third kappa shape index (κ3) is 6.89. The summed E-state index contributed by atoms with van der Waals surface area (Å²) < 4.78 is 0. The first-order chi connectivity index (χ1) is 21.5. The van der Waals surface area contributed by atoms with Gasteiger partial charge in [0.05, 0.1) is 17.8 Å². The van der Waals surface area contributed by atoms with Gasteiger partial charge < -0.3 is 23.0 Å². The summed E-state index contributed by atoms with van der Waals surface area (Å²) in [6.07, 6.45) is 2.65. The number of rotatable bonds is 9. The number of aryl methyl sites for hydroxylation is 2. The minimum atomic E-state index is -2.01. The lowest BCUT2D eigenvalue weighted by atomic mass is 10.1. The van der Waals surface area contributed by atoms with Crippen LogP contribution in [0.1, 0.15) is 22.3 Å². The molecule has 6 rings (SSSR count). The molecule has 0 bridgehead atoms. The van der Waals surface area contributed by atoms with E-state index < -0.39 is 7.26 Å². The van der Waals surface area contributed by atoms with Gasteiger partial charge >= 0.3 is 0 Å². The van der Waals surface area contributed by atoms with Gasteiger partial charge in [-0.1, -0.05) is 66.7 Å². The van der Waals surface area contributed by atoms with Crippen LogP contribution in [0.25, 0.3) is 0 Å². The molecule has 0 aliphatic carbocycles. The van der Waals surface area contributed by atoms with E-state index in [0.29, 0.717) is 17.3 Å². The zero-order valence-corrected chi connectivity index (χ0v) is 26.8. The number of hydrogen-bond acceptors (Lipinski definition) is 5. The number of nitriles is 1. The fraction of sp³-hybridized carbons (Fsp3) is 0.0789. The van der Waals surface area contributed by atoms with Crippen LogP contribution in [0.4, 0.5) is 23.1 Å². The van der Waals surface area contributed by atoms with Crippen molar-refractivity contribution in [2.45, 2.75) is 20.0 Å². The number of hydrogen-bond donors (Lipinski definition) is 2. The maximum atomic E-state index is 9.07. The molecule has 0 spiro atoms. The number of halogens is 1. The first kappa shape index (κ1) is 31.4. The fourth-order valence-corrected chi connectivity index (χ4v) is 9.97. The molecule has 7 heteroatoms. The van der Waals surface area contributed by atoms with E-state index in [1.54, 1.807) is 18.3 Å². The van der Waals surface area contributed by atoms with E-state index >= 15 is 0 Å². The van der Waals surface area contributed by atoms with Crippen LogP contribution in [0, 0.1) is 25.2 Å². The van der Waals surface area contributed by atoms with Crippen LogP contribution in [0.3, 0.4) is 0 Å². The number of aromatic nitrogens is 2. The van der Waals surface area contributed by atoms with E-state index in [4.69, 9.17) is 10.2 Å². The summed E-state index contributed by atoms with van der Waals surface area (Å²) in [4.78, 5) is 9.08. The molecule has 222 valence electrons. The summed E-state index contributed by atoms with van der Waals surface area (Å²) in [5.74, 6) is 1.18. The Labute approximate surface area is 271 Å². The van der Waals surface area contributed by atoms with Crippen LogP contribution in [-0.2, 0) is 6.16 Å². The molecule has 1 heterocycles. The third-order valence-corrected chi connectivity index (χ3v) is 12.2. The highest BCUT2D eigenvalue weighted by Gasteiger charge is 2.45. The van der Waals surface area contributed by atoms with Gasteiger partial charge in [0.2, 0.25) is 5.95 Å². The van der Waals surface area contributed by atoms with Crippen LogP contribution in [0.15, 0.2) is 140 Å². The van der Waals surface area contributed by atoms with Crippen molar-refractivity contribution >= 4 is 46.3 Å². The smallest absolute Gasteiger partial charge is 0.229 e. The summed E-state index contributed by atoms with van der Waals surface area (Å²) in [5, 5.41) is 20.0. The second kappa shape index (κ2) is 14.2. The predicted molar refractivity (Wildman–Crippen MR) is 185 cm³/mol. The number of nitrogens with one attached hydrogen (secondary N) is 2. The lowest BCUT2D eigenvalue weighted by Crippen LogP contribution is -3.00. The molecule has 45 heavy (non-hydrogen) atoms. The van der Waals surface area contributed by atoms with E-state index in [2.05, 4.69) is 139 Å². The van der Waals surface area contributed by atoms with Crippen molar-refractivity contribution in [3.63, 3.8) is 0 Å². The van der Waals surface area contributed by atoms with Crippen molar-refractivity contribution in [1.29, 1.82) is 5.26 Å². The first-order valence-corrected chi connectivity index (χ1v) is 16.5. The molecule has 0 saturated carbocycles. The molecule has 0 saturated heterocycles. The van der Waals surface area contributed by atoms with Crippen molar-refractivity contribution in [2.75, 3.05) is 10.6 Å². The van der Waals surface area contributed by atoms with Gasteiger partial charge in [-0.3, -0.25) is 0 Å². The van der Waals surface area contributed by atoms with Gasteiger partial charge in [-0.05, 0) is 97.3 Å². The SMILES string of the molecule is Cc1cc(C[P+](c2ccccc2)(c2ccccc2)c2ccccc2)cc(C)c1Nc1ccnc(Nc2ccc(C#N)cc2)n1.[Cl-]. The second-order valence-corrected chi connectivity index (χ2v) is 14.3. The molecule has 0 atom stereocenters. The molecular formula is C38H33ClN5P. The zero-order valence-electron chi connectivity index (χ0n) is 25.2. The van der Waals surface area contributed by atoms with Crippen molar-refractivity contribution < 1.29 is 12.4 Å². The molecule has 0 radical (unpaired) electrons. The highest BCUT2D eigenvalue weighted by Crippen LogP contribution is 2.58.